The van der Waals surface area contributed by atoms with E-state index in [4.69, 9.17) is 9.47 Å². The average molecular weight is 426 g/mol. The highest BCUT2D eigenvalue weighted by Gasteiger charge is 2.21. The highest BCUT2D eigenvalue weighted by molar-refractivity contribution is 5.99. The van der Waals surface area contributed by atoms with Crippen molar-refractivity contribution >= 4 is 17.7 Å². The molecule has 1 amide bonds. The van der Waals surface area contributed by atoms with Crippen LogP contribution in [-0.4, -0.2) is 30.9 Å². The fraction of sp³-hybridized carbons (Fsp3) is 0.400. The second kappa shape index (κ2) is 11.3. The summed E-state index contributed by atoms with van der Waals surface area (Å²) in [6, 6.07) is 12.3. The SMILES string of the molecule is COc1ccc([C@H](CC(=O)OC(C)C)NC(=O)CCC(=O)c2cc(C)ccc2C)cc1. The summed E-state index contributed by atoms with van der Waals surface area (Å²) in [6.07, 6.45) is -0.101. The van der Waals surface area contributed by atoms with Crippen molar-refractivity contribution in [2.24, 2.45) is 0 Å². The van der Waals surface area contributed by atoms with Gasteiger partial charge in [-0.1, -0.05) is 29.8 Å². The van der Waals surface area contributed by atoms with Gasteiger partial charge in [-0.3, -0.25) is 14.4 Å². The van der Waals surface area contributed by atoms with Crippen LogP contribution in [0.1, 0.15) is 66.2 Å². The molecule has 0 fully saturated rings. The van der Waals surface area contributed by atoms with Gasteiger partial charge in [0.2, 0.25) is 5.91 Å². The fourth-order valence-electron chi connectivity index (χ4n) is 3.23. The van der Waals surface area contributed by atoms with Gasteiger partial charge in [-0.15, -0.1) is 0 Å². The zero-order chi connectivity index (χ0) is 23.0. The Morgan fingerprint density at radius 3 is 2.26 bits per heavy atom. The zero-order valence-electron chi connectivity index (χ0n) is 18.9. The highest BCUT2D eigenvalue weighted by atomic mass is 16.5. The maximum absolute atomic E-state index is 12.6. The number of esters is 1. The molecule has 0 aliphatic carbocycles. The molecule has 0 radical (unpaired) electrons. The molecule has 0 bridgehead atoms. The number of ether oxygens (including phenoxy) is 2. The fourth-order valence-corrected chi connectivity index (χ4v) is 3.23. The van der Waals surface area contributed by atoms with Crippen molar-refractivity contribution in [1.82, 2.24) is 5.32 Å². The lowest BCUT2D eigenvalue weighted by Crippen LogP contribution is -2.31. The molecule has 0 spiro atoms. The molecule has 1 atom stereocenters. The maximum atomic E-state index is 12.6. The predicted molar refractivity (Wildman–Crippen MR) is 119 cm³/mol. The Bertz CT molecular complexity index is 918. The summed E-state index contributed by atoms with van der Waals surface area (Å²) in [5, 5.41) is 2.87. The Labute approximate surface area is 183 Å². The number of hydrogen-bond acceptors (Lipinski definition) is 5. The molecular formula is C25H31NO5. The summed E-state index contributed by atoms with van der Waals surface area (Å²) < 4.78 is 10.4. The van der Waals surface area contributed by atoms with Gasteiger partial charge >= 0.3 is 5.97 Å². The summed E-state index contributed by atoms with van der Waals surface area (Å²) in [4.78, 5) is 37.4. The van der Waals surface area contributed by atoms with E-state index in [1.807, 2.05) is 32.0 Å². The summed E-state index contributed by atoms with van der Waals surface area (Å²) in [5.41, 5.74) is 3.29. The van der Waals surface area contributed by atoms with Gasteiger partial charge in [0.15, 0.2) is 5.78 Å². The van der Waals surface area contributed by atoms with Crippen LogP contribution in [0.2, 0.25) is 0 Å². The van der Waals surface area contributed by atoms with Gasteiger partial charge in [-0.2, -0.15) is 0 Å². The topological polar surface area (TPSA) is 81.7 Å². The molecule has 0 saturated heterocycles. The molecule has 166 valence electrons. The molecule has 0 heterocycles. The second-order valence-corrected chi connectivity index (χ2v) is 7.88. The van der Waals surface area contributed by atoms with Gasteiger partial charge in [0.05, 0.1) is 25.7 Å². The molecule has 0 unspecified atom stereocenters. The number of rotatable bonds is 10. The quantitative estimate of drug-likeness (QED) is 0.448. The van der Waals surface area contributed by atoms with E-state index in [1.165, 1.54) is 0 Å². The third-order valence-electron chi connectivity index (χ3n) is 4.86. The first-order valence-corrected chi connectivity index (χ1v) is 10.4. The first-order valence-electron chi connectivity index (χ1n) is 10.4. The third-order valence-corrected chi connectivity index (χ3v) is 4.86. The monoisotopic (exact) mass is 425 g/mol. The number of nitrogens with one attached hydrogen (secondary N) is 1. The first kappa shape index (κ1) is 24.1. The van der Waals surface area contributed by atoms with Gasteiger partial charge in [0.1, 0.15) is 5.75 Å². The van der Waals surface area contributed by atoms with Crippen LogP contribution >= 0.6 is 0 Å². The minimum atomic E-state index is -0.555. The second-order valence-electron chi connectivity index (χ2n) is 7.88. The molecule has 6 nitrogen and oxygen atoms in total. The molecule has 31 heavy (non-hydrogen) atoms. The number of Topliss-reactive ketones (excluding diaryl/α,β-unsaturated/α-hetero) is 1. The van der Waals surface area contributed by atoms with Crippen LogP contribution < -0.4 is 10.1 Å². The Morgan fingerprint density at radius 2 is 1.65 bits per heavy atom. The molecule has 0 aliphatic heterocycles. The van der Waals surface area contributed by atoms with Crippen LogP contribution in [0.3, 0.4) is 0 Å². The lowest BCUT2D eigenvalue weighted by atomic mass is 9.99. The van der Waals surface area contributed by atoms with Crippen LogP contribution in [0.25, 0.3) is 0 Å². The van der Waals surface area contributed by atoms with E-state index in [0.717, 1.165) is 16.7 Å². The van der Waals surface area contributed by atoms with Gasteiger partial charge in [0, 0.05) is 18.4 Å². The van der Waals surface area contributed by atoms with Crippen molar-refractivity contribution in [3.8, 4) is 5.75 Å². The predicted octanol–water partition coefficient (Wildman–Crippen LogP) is 4.47. The number of carbonyl (C=O) groups is 3. The number of hydrogen-bond donors (Lipinski definition) is 1. The molecule has 2 aromatic rings. The maximum Gasteiger partial charge on any atom is 0.308 e. The molecular weight excluding hydrogens is 394 g/mol. The van der Waals surface area contributed by atoms with E-state index in [1.54, 1.807) is 45.2 Å². The molecule has 2 aromatic carbocycles. The molecule has 1 N–H and O–H groups in total. The summed E-state index contributed by atoms with van der Waals surface area (Å²) in [7, 11) is 1.57. The Hall–Kier alpha value is -3.15. The van der Waals surface area contributed by atoms with Gasteiger partial charge in [-0.25, -0.2) is 0 Å². The van der Waals surface area contributed by atoms with Crippen molar-refractivity contribution in [2.75, 3.05) is 7.11 Å². The van der Waals surface area contributed by atoms with Crippen molar-refractivity contribution in [2.45, 2.75) is 59.1 Å². The van der Waals surface area contributed by atoms with E-state index in [-0.39, 0.29) is 37.1 Å². The van der Waals surface area contributed by atoms with E-state index < -0.39 is 12.0 Å². The standard InChI is InChI=1S/C25H31NO5/c1-16(2)31-25(29)15-22(19-8-10-20(30-5)11-9-19)26-24(28)13-12-23(27)21-14-17(3)6-7-18(21)4/h6-11,14,16,22H,12-13,15H2,1-5H3,(H,26,28)/t22-/m0/s1. The summed E-state index contributed by atoms with van der Waals surface area (Å²) in [6.45, 7) is 7.36. The van der Waals surface area contributed by atoms with E-state index in [2.05, 4.69) is 5.32 Å². The minimum Gasteiger partial charge on any atom is -0.497 e. The third kappa shape index (κ3) is 7.55. The number of aryl methyl sites for hydroxylation is 2. The van der Waals surface area contributed by atoms with Crippen LogP contribution in [-0.2, 0) is 14.3 Å². The van der Waals surface area contributed by atoms with Crippen LogP contribution in [0.4, 0.5) is 0 Å². The number of methoxy groups -OCH3 is 1. The smallest absolute Gasteiger partial charge is 0.308 e. The van der Waals surface area contributed by atoms with Crippen LogP contribution in [0, 0.1) is 13.8 Å². The number of carbonyl (C=O) groups excluding carboxylic acids is 3. The van der Waals surface area contributed by atoms with E-state index in [9.17, 15) is 14.4 Å². The largest absolute Gasteiger partial charge is 0.497 e. The Kier molecular flexibility index (Phi) is 8.79. The van der Waals surface area contributed by atoms with Crippen molar-refractivity contribution in [3.05, 3.63) is 64.7 Å². The van der Waals surface area contributed by atoms with E-state index in [0.29, 0.717) is 11.3 Å². The average Bonchev–Trinajstić information content (AvgIpc) is 2.72. The number of benzene rings is 2. The molecule has 0 aliphatic rings. The molecule has 0 saturated carbocycles. The van der Waals surface area contributed by atoms with Gasteiger partial charge < -0.3 is 14.8 Å². The lowest BCUT2D eigenvalue weighted by Gasteiger charge is -2.20. The number of amides is 1. The first-order chi connectivity index (χ1) is 14.7. The van der Waals surface area contributed by atoms with Crippen molar-refractivity contribution < 1.29 is 23.9 Å². The van der Waals surface area contributed by atoms with Crippen LogP contribution in [0.15, 0.2) is 42.5 Å². The molecule has 2 rings (SSSR count). The Morgan fingerprint density at radius 1 is 0.968 bits per heavy atom. The van der Waals surface area contributed by atoms with Gasteiger partial charge in [-0.05, 0) is 57.0 Å². The normalized spacial score (nSPS) is 11.7. The van der Waals surface area contributed by atoms with E-state index >= 15 is 0 Å². The number of ketones is 1. The summed E-state index contributed by atoms with van der Waals surface area (Å²) >= 11 is 0. The van der Waals surface area contributed by atoms with Crippen LogP contribution in [0.5, 0.6) is 5.75 Å². The summed E-state index contributed by atoms with van der Waals surface area (Å²) in [5.74, 6) is -0.0892. The molecule has 6 heteroatoms. The lowest BCUT2D eigenvalue weighted by molar-refractivity contribution is -0.148. The van der Waals surface area contributed by atoms with Crippen molar-refractivity contribution in [1.29, 1.82) is 0 Å². The molecule has 0 aromatic heterocycles. The highest BCUT2D eigenvalue weighted by Crippen LogP contribution is 2.22. The zero-order valence-corrected chi connectivity index (χ0v) is 18.9. The minimum absolute atomic E-state index is 0.00117. The van der Waals surface area contributed by atoms with Crippen molar-refractivity contribution in [3.63, 3.8) is 0 Å². The van der Waals surface area contributed by atoms with Gasteiger partial charge in [0.25, 0.3) is 0 Å². The Balaban J connectivity index is 2.05.